The van der Waals surface area contributed by atoms with Gasteiger partial charge in [0.1, 0.15) is 0 Å². The monoisotopic (exact) mass is 231 g/mol. The summed E-state index contributed by atoms with van der Waals surface area (Å²) in [6.45, 7) is 5.70. The van der Waals surface area contributed by atoms with Crippen LogP contribution in [0.5, 0.6) is 0 Å². The van der Waals surface area contributed by atoms with E-state index in [1.807, 2.05) is 49.9 Å². The van der Waals surface area contributed by atoms with Crippen LogP contribution in [0.2, 0.25) is 0 Å². The first-order chi connectivity index (χ1) is 7.86. The Hall–Kier alpha value is -1.35. The van der Waals surface area contributed by atoms with Crippen LogP contribution < -0.4 is 0 Å². The molecule has 0 spiro atoms. The summed E-state index contributed by atoms with van der Waals surface area (Å²) < 4.78 is 0. The minimum Gasteiger partial charge on any atom is -0.388 e. The van der Waals surface area contributed by atoms with Crippen molar-refractivity contribution in [3.05, 3.63) is 35.4 Å². The molecule has 2 aliphatic rings. The van der Waals surface area contributed by atoms with E-state index >= 15 is 0 Å². The molecule has 1 saturated heterocycles. The summed E-state index contributed by atoms with van der Waals surface area (Å²) in [6, 6.07) is 7.75. The van der Waals surface area contributed by atoms with Gasteiger partial charge in [-0.25, -0.2) is 0 Å². The molecular weight excluding hydrogens is 214 g/mol. The molecule has 1 amide bonds. The van der Waals surface area contributed by atoms with Gasteiger partial charge in [-0.05, 0) is 32.4 Å². The minimum absolute atomic E-state index is 0.0312. The molecule has 2 heterocycles. The zero-order valence-corrected chi connectivity index (χ0v) is 10.4. The van der Waals surface area contributed by atoms with Gasteiger partial charge in [0.15, 0.2) is 0 Å². The van der Waals surface area contributed by atoms with Gasteiger partial charge in [-0.15, -0.1) is 0 Å². The van der Waals surface area contributed by atoms with Gasteiger partial charge in [0.25, 0.3) is 5.91 Å². The van der Waals surface area contributed by atoms with Gasteiger partial charge >= 0.3 is 0 Å². The number of amides is 1. The van der Waals surface area contributed by atoms with Crippen molar-refractivity contribution >= 4 is 5.91 Å². The Morgan fingerprint density at radius 2 is 1.94 bits per heavy atom. The van der Waals surface area contributed by atoms with Gasteiger partial charge in [-0.3, -0.25) is 4.79 Å². The molecule has 3 heteroatoms. The summed E-state index contributed by atoms with van der Waals surface area (Å²) >= 11 is 0. The first-order valence-electron chi connectivity index (χ1n) is 6.01. The van der Waals surface area contributed by atoms with E-state index in [-0.39, 0.29) is 11.9 Å². The molecule has 0 bridgehead atoms. The topological polar surface area (TPSA) is 40.5 Å². The number of benzene rings is 1. The molecule has 3 nitrogen and oxygen atoms in total. The summed E-state index contributed by atoms with van der Waals surface area (Å²) in [5, 5.41) is 10.5. The van der Waals surface area contributed by atoms with Gasteiger partial charge in [0.2, 0.25) is 0 Å². The molecule has 1 fully saturated rings. The maximum atomic E-state index is 12.4. The lowest BCUT2D eigenvalue weighted by Crippen LogP contribution is -2.52. The summed E-state index contributed by atoms with van der Waals surface area (Å²) in [4.78, 5) is 14.2. The summed E-state index contributed by atoms with van der Waals surface area (Å²) in [5.41, 5.74) is 0.499. The molecule has 1 aromatic rings. The second kappa shape index (κ2) is 2.91. The lowest BCUT2D eigenvalue weighted by atomic mass is 9.83. The van der Waals surface area contributed by atoms with Gasteiger partial charge in [-0.1, -0.05) is 18.2 Å². The molecule has 90 valence electrons. The van der Waals surface area contributed by atoms with Crippen molar-refractivity contribution in [2.24, 2.45) is 0 Å². The predicted octanol–water partition coefficient (Wildman–Crippen LogP) is 2.12. The lowest BCUT2D eigenvalue weighted by Gasteiger charge is -2.38. The second-order valence-corrected chi connectivity index (χ2v) is 5.82. The third-order valence-corrected chi connectivity index (χ3v) is 4.59. The molecular formula is C14H17NO2. The smallest absolute Gasteiger partial charge is 0.255 e. The van der Waals surface area contributed by atoms with Crippen LogP contribution in [-0.2, 0) is 0 Å². The number of hydrogen-bond donors (Lipinski definition) is 1. The van der Waals surface area contributed by atoms with Gasteiger partial charge < -0.3 is 10.0 Å². The van der Waals surface area contributed by atoms with E-state index in [9.17, 15) is 9.90 Å². The highest BCUT2D eigenvalue weighted by molar-refractivity contribution is 6.00. The first-order valence-corrected chi connectivity index (χ1v) is 6.01. The third-order valence-electron chi connectivity index (χ3n) is 4.59. The zero-order chi connectivity index (χ0) is 12.4. The Bertz CT molecular complexity index is 505. The molecule has 0 aromatic heterocycles. The zero-order valence-electron chi connectivity index (χ0n) is 10.4. The normalized spacial score (nSPS) is 33.8. The fourth-order valence-corrected chi connectivity index (χ4v) is 3.12. The molecule has 0 aliphatic carbocycles. The molecule has 1 aromatic carbocycles. The lowest BCUT2D eigenvalue weighted by molar-refractivity contribution is -0.0238. The molecule has 2 atom stereocenters. The first kappa shape index (κ1) is 10.8. The molecule has 17 heavy (non-hydrogen) atoms. The molecule has 3 rings (SSSR count). The minimum atomic E-state index is -0.832. The number of hydrogen-bond acceptors (Lipinski definition) is 2. The Labute approximate surface area is 101 Å². The summed E-state index contributed by atoms with van der Waals surface area (Å²) in [7, 11) is 0. The quantitative estimate of drug-likeness (QED) is 0.743. The summed E-state index contributed by atoms with van der Waals surface area (Å²) in [6.07, 6.45) is 0.614. The fourth-order valence-electron chi connectivity index (χ4n) is 3.12. The van der Waals surface area contributed by atoms with E-state index in [0.29, 0.717) is 6.42 Å². The molecule has 0 radical (unpaired) electrons. The van der Waals surface area contributed by atoms with Crippen LogP contribution in [0, 0.1) is 0 Å². The number of carbonyl (C=O) groups is 1. The maximum absolute atomic E-state index is 12.4. The molecule has 0 unspecified atom stereocenters. The number of carbonyl (C=O) groups excluding carboxylic acids is 1. The number of aliphatic hydroxyl groups is 1. The molecule has 2 aliphatic heterocycles. The van der Waals surface area contributed by atoms with E-state index in [1.54, 1.807) is 0 Å². The van der Waals surface area contributed by atoms with Crippen LogP contribution in [0.3, 0.4) is 0 Å². The highest BCUT2D eigenvalue weighted by Gasteiger charge is 2.59. The van der Waals surface area contributed by atoms with Crippen molar-refractivity contribution in [3.8, 4) is 0 Å². The van der Waals surface area contributed by atoms with Crippen LogP contribution in [0.4, 0.5) is 0 Å². The van der Waals surface area contributed by atoms with Crippen LogP contribution in [-0.4, -0.2) is 27.1 Å². The number of nitrogens with zero attached hydrogens (tertiary/aromatic N) is 1. The van der Waals surface area contributed by atoms with Crippen molar-refractivity contribution in [1.29, 1.82) is 0 Å². The van der Waals surface area contributed by atoms with Crippen molar-refractivity contribution in [2.45, 2.75) is 44.4 Å². The summed E-state index contributed by atoms with van der Waals surface area (Å²) in [5.74, 6) is 0.0494. The Morgan fingerprint density at radius 3 is 2.65 bits per heavy atom. The van der Waals surface area contributed by atoms with E-state index in [2.05, 4.69) is 0 Å². The average Bonchev–Trinajstić information content (AvgIpc) is 2.62. The standard InChI is InChI=1S/C14H17NO2/c1-13(2)14(3,17)8-11-9-6-4-5-7-10(9)12(16)15(11)13/h4-7,11,17H,8H2,1-3H3/t11-,14-/m1/s1. The van der Waals surface area contributed by atoms with Crippen LogP contribution in [0.1, 0.15) is 49.2 Å². The van der Waals surface area contributed by atoms with E-state index in [0.717, 1.165) is 11.1 Å². The van der Waals surface area contributed by atoms with Crippen molar-refractivity contribution in [3.63, 3.8) is 0 Å². The van der Waals surface area contributed by atoms with Crippen molar-refractivity contribution in [1.82, 2.24) is 4.90 Å². The van der Waals surface area contributed by atoms with Crippen LogP contribution in [0.25, 0.3) is 0 Å². The van der Waals surface area contributed by atoms with Crippen molar-refractivity contribution in [2.75, 3.05) is 0 Å². The maximum Gasteiger partial charge on any atom is 0.255 e. The van der Waals surface area contributed by atoms with Crippen LogP contribution >= 0.6 is 0 Å². The number of fused-ring (bicyclic) bond motifs is 3. The third kappa shape index (κ3) is 1.12. The molecule has 0 saturated carbocycles. The average molecular weight is 231 g/mol. The van der Waals surface area contributed by atoms with Gasteiger partial charge in [0, 0.05) is 12.0 Å². The van der Waals surface area contributed by atoms with E-state index in [4.69, 9.17) is 0 Å². The number of rotatable bonds is 0. The van der Waals surface area contributed by atoms with E-state index < -0.39 is 11.1 Å². The Balaban J connectivity index is 2.18. The van der Waals surface area contributed by atoms with Gasteiger partial charge in [0.05, 0.1) is 17.2 Å². The van der Waals surface area contributed by atoms with Crippen molar-refractivity contribution < 1.29 is 9.90 Å². The SMILES string of the molecule is CC1(C)N2C(=O)c3ccccc3[C@H]2C[C@@]1(C)O. The largest absolute Gasteiger partial charge is 0.388 e. The Kier molecular flexibility index (Phi) is 1.84. The highest BCUT2D eigenvalue weighted by atomic mass is 16.3. The van der Waals surface area contributed by atoms with Crippen LogP contribution in [0.15, 0.2) is 24.3 Å². The Morgan fingerprint density at radius 1 is 1.29 bits per heavy atom. The molecule has 1 N–H and O–H groups in total. The van der Waals surface area contributed by atoms with Gasteiger partial charge in [-0.2, -0.15) is 0 Å². The highest BCUT2D eigenvalue weighted by Crippen LogP contribution is 2.53. The second-order valence-electron chi connectivity index (χ2n) is 5.82. The predicted molar refractivity (Wildman–Crippen MR) is 64.7 cm³/mol. The fraction of sp³-hybridized carbons (Fsp3) is 0.500. The van der Waals surface area contributed by atoms with E-state index in [1.165, 1.54) is 0 Å².